The van der Waals surface area contributed by atoms with Crippen molar-refractivity contribution in [2.24, 2.45) is 10.7 Å². The van der Waals surface area contributed by atoms with E-state index < -0.39 is 60.2 Å². The smallest absolute Gasteiger partial charge is 0.416 e. The van der Waals surface area contributed by atoms with E-state index in [2.05, 4.69) is 15.6 Å². The molecule has 182 valence electrons. The summed E-state index contributed by atoms with van der Waals surface area (Å²) in [5, 5.41) is 24.0. The Morgan fingerprint density at radius 2 is 1.76 bits per heavy atom. The van der Waals surface area contributed by atoms with Crippen molar-refractivity contribution in [3.63, 3.8) is 0 Å². The third kappa shape index (κ3) is 7.89. The summed E-state index contributed by atoms with van der Waals surface area (Å²) in [6, 6.07) is 9.21. The number of hydrogen-bond acceptors (Lipinski definition) is 5. The largest absolute Gasteiger partial charge is 0.481 e. The molecule has 0 aliphatic heterocycles. The Labute approximate surface area is 192 Å². The second-order valence-electron chi connectivity index (χ2n) is 7.33. The summed E-state index contributed by atoms with van der Waals surface area (Å²) in [6.07, 6.45) is -6.71. The highest BCUT2D eigenvalue weighted by Crippen LogP contribution is 2.32. The van der Waals surface area contributed by atoms with E-state index in [1.54, 1.807) is 30.3 Å². The zero-order valence-corrected chi connectivity index (χ0v) is 18.0. The number of amides is 2. The van der Waals surface area contributed by atoms with Gasteiger partial charge < -0.3 is 26.6 Å². The lowest BCUT2D eigenvalue weighted by atomic mass is 9.99. The molecule has 2 aromatic rings. The number of nitrogens with two attached hydrogens (primary N) is 1. The fourth-order valence-electron chi connectivity index (χ4n) is 3.01. The molecule has 0 spiro atoms. The number of hydrogen-bond donors (Lipinski definition) is 5. The number of nitrogens with one attached hydrogen (secondary N) is 2. The lowest BCUT2D eigenvalue weighted by Gasteiger charge is -2.23. The van der Waals surface area contributed by atoms with Crippen LogP contribution in [0.2, 0.25) is 0 Å². The van der Waals surface area contributed by atoms with Crippen molar-refractivity contribution in [3.05, 3.63) is 65.2 Å². The molecule has 0 bridgehead atoms. The van der Waals surface area contributed by atoms with Gasteiger partial charge in [-0.25, -0.2) is 4.99 Å². The number of amidine groups is 1. The zero-order valence-electron chi connectivity index (χ0n) is 18.0. The third-order valence-corrected chi connectivity index (χ3v) is 4.49. The first-order chi connectivity index (χ1) is 15.9. The number of carbonyl (C=O) groups is 3. The van der Waals surface area contributed by atoms with Gasteiger partial charge in [0, 0.05) is 5.56 Å². The minimum atomic E-state index is -4.75. The molecule has 2 amide bonds. The van der Waals surface area contributed by atoms with Crippen LogP contribution in [0.25, 0.3) is 0 Å². The second-order valence-corrected chi connectivity index (χ2v) is 7.33. The zero-order chi connectivity index (χ0) is 25.5. The average Bonchev–Trinajstić information content (AvgIpc) is 2.75. The van der Waals surface area contributed by atoms with Gasteiger partial charge in [-0.15, -0.1) is 0 Å². The lowest BCUT2D eigenvalue weighted by molar-refractivity contribution is -0.139. The summed E-state index contributed by atoms with van der Waals surface area (Å²) in [7, 11) is 0. The van der Waals surface area contributed by atoms with Crippen LogP contribution in [0.1, 0.15) is 40.9 Å². The molecular formula is C22H23F3N4O5. The van der Waals surface area contributed by atoms with Gasteiger partial charge in [-0.2, -0.15) is 13.2 Å². The number of aliphatic hydroxyl groups excluding tert-OH is 1. The molecule has 0 aliphatic carbocycles. The molecule has 34 heavy (non-hydrogen) atoms. The summed E-state index contributed by atoms with van der Waals surface area (Å²) in [6.45, 7) is 0.684. The minimum Gasteiger partial charge on any atom is -0.481 e. The number of carbonyl (C=O) groups excluding carboxylic acids is 2. The first kappa shape index (κ1) is 26.3. The summed E-state index contributed by atoms with van der Waals surface area (Å²) in [4.78, 5) is 39.6. The molecule has 9 nitrogen and oxygen atoms in total. The van der Waals surface area contributed by atoms with Crippen LogP contribution < -0.4 is 16.4 Å². The quantitative estimate of drug-likeness (QED) is 0.274. The predicted molar refractivity (Wildman–Crippen MR) is 116 cm³/mol. The Hall–Kier alpha value is -3.93. The van der Waals surface area contributed by atoms with Gasteiger partial charge >= 0.3 is 12.1 Å². The van der Waals surface area contributed by atoms with Gasteiger partial charge in [0.25, 0.3) is 5.91 Å². The first-order valence-electron chi connectivity index (χ1n) is 9.92. The number of aliphatic hydroxyl groups is 1. The number of nitrogens with zero attached hydrogens (tertiary/aromatic N) is 1. The number of carboxylic acids is 1. The number of benzene rings is 2. The van der Waals surface area contributed by atoms with Crippen LogP contribution in [0.5, 0.6) is 0 Å². The molecule has 0 saturated heterocycles. The predicted octanol–water partition coefficient (Wildman–Crippen LogP) is 2.14. The van der Waals surface area contributed by atoms with Gasteiger partial charge in [0.1, 0.15) is 0 Å². The topological polar surface area (TPSA) is 154 Å². The molecule has 2 atom stereocenters. The van der Waals surface area contributed by atoms with Crippen LogP contribution in [-0.4, -0.2) is 46.4 Å². The standard InChI is InChI=1S/C22H23F3N4O5/c1-12(26)28-16-8-14(7-15(9-16)22(23,24)25)21(34)27-11-18(30)29-17(10-19(31)32)20(33)13-5-3-2-4-6-13/h2-9,17,20,33H,10-11H2,1H3,(H2,26,28)(H,27,34)(H,29,30)(H,31,32). The maximum Gasteiger partial charge on any atom is 0.416 e. The number of aliphatic carboxylic acids is 1. The molecule has 12 heteroatoms. The van der Waals surface area contributed by atoms with E-state index in [0.717, 1.165) is 12.1 Å². The Morgan fingerprint density at radius 1 is 1.12 bits per heavy atom. The highest BCUT2D eigenvalue weighted by atomic mass is 19.4. The van der Waals surface area contributed by atoms with Crippen LogP contribution in [0.3, 0.4) is 0 Å². The SMILES string of the molecule is CC(N)=Nc1cc(C(=O)NCC(=O)NC(CC(=O)O)C(O)c2ccccc2)cc(C(F)(F)F)c1. The Balaban J connectivity index is 2.13. The van der Waals surface area contributed by atoms with Crippen LogP contribution >= 0.6 is 0 Å². The average molecular weight is 480 g/mol. The monoisotopic (exact) mass is 480 g/mol. The number of aliphatic imine (C=N–C) groups is 1. The van der Waals surface area contributed by atoms with E-state index in [4.69, 9.17) is 10.8 Å². The Kier molecular flexibility index (Phi) is 8.73. The van der Waals surface area contributed by atoms with Gasteiger partial charge in [-0.05, 0) is 30.7 Å². The lowest BCUT2D eigenvalue weighted by Crippen LogP contribution is -2.45. The van der Waals surface area contributed by atoms with Crippen molar-refractivity contribution < 1.29 is 37.8 Å². The van der Waals surface area contributed by atoms with E-state index >= 15 is 0 Å². The second kappa shape index (κ2) is 11.3. The molecule has 0 heterocycles. The number of rotatable bonds is 9. The molecule has 0 saturated carbocycles. The molecule has 0 aromatic heterocycles. The normalized spacial score (nSPS) is 13.6. The highest BCUT2D eigenvalue weighted by Gasteiger charge is 2.32. The van der Waals surface area contributed by atoms with Crippen molar-refractivity contribution in [1.82, 2.24) is 10.6 Å². The summed E-state index contributed by atoms with van der Waals surface area (Å²) >= 11 is 0. The minimum absolute atomic E-state index is 0.0218. The summed E-state index contributed by atoms with van der Waals surface area (Å²) in [5.41, 5.74) is 4.04. The van der Waals surface area contributed by atoms with Crippen LogP contribution in [0.15, 0.2) is 53.5 Å². The maximum atomic E-state index is 13.2. The number of halogens is 3. The van der Waals surface area contributed by atoms with E-state index in [9.17, 15) is 32.7 Å². The van der Waals surface area contributed by atoms with E-state index in [0.29, 0.717) is 11.6 Å². The number of carboxylic acid groups (broad SMARTS) is 1. The van der Waals surface area contributed by atoms with Gasteiger partial charge in [0.15, 0.2) is 0 Å². The third-order valence-electron chi connectivity index (χ3n) is 4.49. The van der Waals surface area contributed by atoms with Gasteiger partial charge in [0.05, 0.1) is 42.2 Å². The van der Waals surface area contributed by atoms with Gasteiger partial charge in [-0.1, -0.05) is 30.3 Å². The molecule has 0 fully saturated rings. The fourth-order valence-corrected chi connectivity index (χ4v) is 3.01. The van der Waals surface area contributed by atoms with E-state index in [1.165, 1.54) is 6.92 Å². The maximum absolute atomic E-state index is 13.2. The van der Waals surface area contributed by atoms with Crippen LogP contribution in [-0.2, 0) is 15.8 Å². The molecule has 0 radical (unpaired) electrons. The van der Waals surface area contributed by atoms with Gasteiger partial charge in [-0.3, -0.25) is 14.4 Å². The first-order valence-corrected chi connectivity index (χ1v) is 9.92. The number of alkyl halides is 3. The van der Waals surface area contributed by atoms with Crippen molar-refractivity contribution in [1.29, 1.82) is 0 Å². The Morgan fingerprint density at radius 3 is 2.32 bits per heavy atom. The summed E-state index contributed by atoms with van der Waals surface area (Å²) in [5.74, 6) is -3.15. The van der Waals surface area contributed by atoms with Crippen LogP contribution in [0.4, 0.5) is 18.9 Å². The van der Waals surface area contributed by atoms with Gasteiger partial charge in [0.2, 0.25) is 5.91 Å². The molecule has 0 aliphatic rings. The van der Waals surface area contributed by atoms with E-state index in [-0.39, 0.29) is 11.5 Å². The fraction of sp³-hybridized carbons (Fsp3) is 0.273. The van der Waals surface area contributed by atoms with Crippen molar-refractivity contribution in [2.75, 3.05) is 6.54 Å². The molecular weight excluding hydrogens is 457 g/mol. The van der Waals surface area contributed by atoms with Crippen molar-refractivity contribution >= 4 is 29.3 Å². The Bertz CT molecular complexity index is 1070. The van der Waals surface area contributed by atoms with Crippen molar-refractivity contribution in [2.45, 2.75) is 31.7 Å². The molecule has 2 unspecified atom stereocenters. The van der Waals surface area contributed by atoms with Crippen molar-refractivity contribution in [3.8, 4) is 0 Å². The molecule has 6 N–H and O–H groups in total. The highest BCUT2D eigenvalue weighted by molar-refractivity contribution is 5.97. The molecule has 2 rings (SSSR count). The molecule has 2 aromatic carbocycles. The van der Waals surface area contributed by atoms with Crippen LogP contribution in [0, 0.1) is 0 Å². The van der Waals surface area contributed by atoms with E-state index in [1.807, 2.05) is 0 Å². The summed E-state index contributed by atoms with van der Waals surface area (Å²) < 4.78 is 39.5.